The molecule has 1 aromatic heterocycles. The fourth-order valence-electron chi connectivity index (χ4n) is 3.19. The van der Waals surface area contributed by atoms with Crippen LogP contribution in [0.1, 0.15) is 30.4 Å². The van der Waals surface area contributed by atoms with Gasteiger partial charge in [0.25, 0.3) is 0 Å². The van der Waals surface area contributed by atoms with Crippen LogP contribution < -0.4 is 15.4 Å². The molecule has 0 spiro atoms. The highest BCUT2D eigenvalue weighted by Gasteiger charge is 2.17. The van der Waals surface area contributed by atoms with Crippen molar-refractivity contribution in [3.05, 3.63) is 48.0 Å². The van der Waals surface area contributed by atoms with E-state index >= 15 is 0 Å². The summed E-state index contributed by atoms with van der Waals surface area (Å²) >= 11 is 0. The van der Waals surface area contributed by atoms with Gasteiger partial charge in [-0.1, -0.05) is 12.1 Å². The Morgan fingerprint density at radius 3 is 3.07 bits per heavy atom. The molecular weight excluding hydrogens is 354 g/mol. The van der Waals surface area contributed by atoms with Crippen LogP contribution in [0.25, 0.3) is 0 Å². The van der Waals surface area contributed by atoms with E-state index < -0.39 is 0 Å². The Hall–Kier alpha value is -2.54. The van der Waals surface area contributed by atoms with Gasteiger partial charge in [-0.05, 0) is 37.8 Å². The van der Waals surface area contributed by atoms with Gasteiger partial charge in [0.2, 0.25) is 0 Å². The normalized spacial score (nSPS) is 16.9. The molecule has 1 unspecified atom stereocenters. The molecule has 0 bridgehead atoms. The molecule has 0 aliphatic carbocycles. The van der Waals surface area contributed by atoms with Gasteiger partial charge >= 0.3 is 0 Å². The Morgan fingerprint density at radius 1 is 1.39 bits per heavy atom. The number of aryl methyl sites for hydroxylation is 2. The molecule has 152 valence electrons. The average molecular weight is 386 g/mol. The van der Waals surface area contributed by atoms with Crippen molar-refractivity contribution in [1.82, 2.24) is 20.2 Å². The van der Waals surface area contributed by atoms with E-state index in [9.17, 15) is 0 Å². The summed E-state index contributed by atoms with van der Waals surface area (Å²) in [5.41, 5.74) is 2.30. The number of benzene rings is 1. The van der Waals surface area contributed by atoms with Crippen LogP contribution in [-0.2, 0) is 17.8 Å². The summed E-state index contributed by atoms with van der Waals surface area (Å²) < 4.78 is 13.8. The maximum absolute atomic E-state index is 6.07. The number of hydrogen-bond acceptors (Lipinski definition) is 4. The highest BCUT2D eigenvalue weighted by Crippen LogP contribution is 2.22. The standard InChI is InChI=1S/C21H31N5O2/c1-17-6-7-18(20(13-17)28-15-19-5-3-12-27-19)14-25-21(22-2)24-8-4-10-26-11-9-23-16-26/h6-7,9,11,13,16,19H,3-5,8,10,12,14-15H2,1-2H3,(H2,22,24,25). The number of imidazole rings is 1. The topological polar surface area (TPSA) is 72.7 Å². The summed E-state index contributed by atoms with van der Waals surface area (Å²) in [6.07, 6.45) is 9.02. The number of ether oxygens (including phenoxy) is 2. The summed E-state index contributed by atoms with van der Waals surface area (Å²) in [7, 11) is 1.79. The van der Waals surface area contributed by atoms with E-state index in [-0.39, 0.29) is 6.10 Å². The minimum absolute atomic E-state index is 0.214. The smallest absolute Gasteiger partial charge is 0.191 e. The fourth-order valence-corrected chi connectivity index (χ4v) is 3.19. The third-order valence-electron chi connectivity index (χ3n) is 4.79. The van der Waals surface area contributed by atoms with Gasteiger partial charge in [0.15, 0.2) is 5.96 Å². The Morgan fingerprint density at radius 2 is 2.32 bits per heavy atom. The van der Waals surface area contributed by atoms with Crippen molar-refractivity contribution in [3.8, 4) is 5.75 Å². The Labute approximate surface area is 167 Å². The number of hydrogen-bond donors (Lipinski definition) is 2. The summed E-state index contributed by atoms with van der Waals surface area (Å²) in [4.78, 5) is 8.36. The lowest BCUT2D eigenvalue weighted by Gasteiger charge is -2.17. The number of rotatable bonds is 9. The third-order valence-corrected chi connectivity index (χ3v) is 4.79. The van der Waals surface area contributed by atoms with Crippen LogP contribution in [0, 0.1) is 6.92 Å². The van der Waals surface area contributed by atoms with Crippen molar-refractivity contribution in [1.29, 1.82) is 0 Å². The van der Waals surface area contributed by atoms with E-state index in [0.29, 0.717) is 13.2 Å². The Kier molecular flexibility index (Phi) is 7.72. The molecule has 1 fully saturated rings. The molecule has 2 N–H and O–H groups in total. The van der Waals surface area contributed by atoms with E-state index in [2.05, 4.69) is 50.3 Å². The largest absolute Gasteiger partial charge is 0.491 e. The number of aromatic nitrogens is 2. The summed E-state index contributed by atoms with van der Waals surface area (Å²) in [6.45, 7) is 5.97. The molecule has 1 saturated heterocycles. The van der Waals surface area contributed by atoms with Crippen LogP contribution in [0.3, 0.4) is 0 Å². The molecule has 28 heavy (non-hydrogen) atoms. The first-order chi connectivity index (χ1) is 13.7. The van der Waals surface area contributed by atoms with Gasteiger partial charge in [-0.3, -0.25) is 4.99 Å². The van der Waals surface area contributed by atoms with Crippen LogP contribution in [0.2, 0.25) is 0 Å². The number of nitrogens with one attached hydrogen (secondary N) is 2. The van der Waals surface area contributed by atoms with Gasteiger partial charge in [-0.2, -0.15) is 0 Å². The molecule has 7 nitrogen and oxygen atoms in total. The molecule has 0 saturated carbocycles. The predicted molar refractivity (Wildman–Crippen MR) is 111 cm³/mol. The monoisotopic (exact) mass is 385 g/mol. The van der Waals surface area contributed by atoms with Crippen molar-refractivity contribution in [2.24, 2.45) is 4.99 Å². The zero-order chi connectivity index (χ0) is 19.6. The zero-order valence-electron chi connectivity index (χ0n) is 16.9. The highest BCUT2D eigenvalue weighted by atomic mass is 16.5. The maximum atomic E-state index is 6.07. The fraction of sp³-hybridized carbons (Fsp3) is 0.524. The predicted octanol–water partition coefficient (Wildman–Crippen LogP) is 2.50. The quantitative estimate of drug-likeness (QED) is 0.394. The van der Waals surface area contributed by atoms with E-state index in [4.69, 9.17) is 9.47 Å². The second kappa shape index (κ2) is 10.7. The summed E-state index contributed by atoms with van der Waals surface area (Å²) in [6, 6.07) is 6.31. The first kappa shape index (κ1) is 20.2. The molecule has 1 aliphatic rings. The van der Waals surface area contributed by atoms with Crippen molar-refractivity contribution in [3.63, 3.8) is 0 Å². The molecule has 7 heteroatoms. The third kappa shape index (κ3) is 6.27. The molecule has 1 aromatic carbocycles. The summed E-state index contributed by atoms with van der Waals surface area (Å²) in [5, 5.41) is 6.73. The first-order valence-corrected chi connectivity index (χ1v) is 9.99. The minimum Gasteiger partial charge on any atom is -0.491 e. The molecule has 2 aromatic rings. The lowest BCUT2D eigenvalue weighted by atomic mass is 10.1. The Balaban J connectivity index is 1.46. The minimum atomic E-state index is 0.214. The SMILES string of the molecule is CN=C(NCCCn1ccnc1)NCc1ccc(C)cc1OCC1CCCO1. The number of aliphatic imine (C=N–C) groups is 1. The van der Waals surface area contributed by atoms with Crippen molar-refractivity contribution < 1.29 is 9.47 Å². The molecule has 0 radical (unpaired) electrons. The molecular formula is C21H31N5O2. The van der Waals surface area contributed by atoms with Crippen LogP contribution >= 0.6 is 0 Å². The van der Waals surface area contributed by atoms with Gasteiger partial charge in [0.1, 0.15) is 12.4 Å². The van der Waals surface area contributed by atoms with E-state index in [0.717, 1.165) is 56.2 Å². The second-order valence-corrected chi connectivity index (χ2v) is 7.06. The molecule has 1 atom stereocenters. The zero-order valence-corrected chi connectivity index (χ0v) is 16.9. The van der Waals surface area contributed by atoms with E-state index in [1.165, 1.54) is 5.56 Å². The van der Waals surface area contributed by atoms with Crippen molar-refractivity contribution >= 4 is 5.96 Å². The van der Waals surface area contributed by atoms with Crippen LogP contribution in [-0.4, -0.2) is 48.4 Å². The number of nitrogens with zero attached hydrogens (tertiary/aromatic N) is 3. The van der Waals surface area contributed by atoms with Gasteiger partial charge in [-0.25, -0.2) is 4.98 Å². The lowest BCUT2D eigenvalue weighted by Crippen LogP contribution is -2.37. The van der Waals surface area contributed by atoms with Crippen molar-refractivity contribution in [2.45, 2.75) is 45.4 Å². The van der Waals surface area contributed by atoms with Gasteiger partial charge in [0, 0.05) is 51.2 Å². The lowest BCUT2D eigenvalue weighted by molar-refractivity contribution is 0.0676. The van der Waals surface area contributed by atoms with E-state index in [1.54, 1.807) is 13.2 Å². The van der Waals surface area contributed by atoms with Gasteiger partial charge in [-0.15, -0.1) is 0 Å². The Bertz CT molecular complexity index is 739. The van der Waals surface area contributed by atoms with Gasteiger partial charge < -0.3 is 24.7 Å². The van der Waals surface area contributed by atoms with Crippen LogP contribution in [0.5, 0.6) is 5.75 Å². The second-order valence-electron chi connectivity index (χ2n) is 7.06. The highest BCUT2D eigenvalue weighted by molar-refractivity contribution is 5.79. The molecule has 0 amide bonds. The average Bonchev–Trinajstić information content (AvgIpc) is 3.41. The molecule has 1 aliphatic heterocycles. The number of guanidine groups is 1. The van der Waals surface area contributed by atoms with Crippen LogP contribution in [0.15, 0.2) is 41.9 Å². The molecule has 3 rings (SSSR count). The van der Waals surface area contributed by atoms with Gasteiger partial charge in [0.05, 0.1) is 12.4 Å². The first-order valence-electron chi connectivity index (χ1n) is 9.99. The summed E-state index contributed by atoms with van der Waals surface area (Å²) in [5.74, 6) is 1.70. The molecule has 2 heterocycles. The maximum Gasteiger partial charge on any atom is 0.191 e. The van der Waals surface area contributed by atoms with Crippen molar-refractivity contribution in [2.75, 3.05) is 26.8 Å². The van der Waals surface area contributed by atoms with E-state index in [1.807, 2.05) is 12.5 Å². The van der Waals surface area contributed by atoms with Crippen LogP contribution in [0.4, 0.5) is 0 Å².